The molecule has 0 bridgehead atoms. The predicted molar refractivity (Wildman–Crippen MR) is 117 cm³/mol. The maximum Gasteiger partial charge on any atom is 0.241 e. The van der Waals surface area contributed by atoms with Crippen LogP contribution in [0, 0.1) is 5.92 Å². The molecule has 1 saturated carbocycles. The van der Waals surface area contributed by atoms with Crippen molar-refractivity contribution in [3.05, 3.63) is 30.1 Å². The van der Waals surface area contributed by atoms with Gasteiger partial charge in [-0.2, -0.15) is 0 Å². The van der Waals surface area contributed by atoms with Crippen LogP contribution in [0.1, 0.15) is 37.8 Å². The molecule has 30 heavy (non-hydrogen) atoms. The van der Waals surface area contributed by atoms with Gasteiger partial charge in [0, 0.05) is 64.0 Å². The van der Waals surface area contributed by atoms with Gasteiger partial charge in [0.15, 0.2) is 5.96 Å². The summed E-state index contributed by atoms with van der Waals surface area (Å²) in [5, 5.41) is 6.46. The number of likely N-dealkylation sites (N-methyl/N-ethyl adjacent to an activating group) is 1. The lowest BCUT2D eigenvalue weighted by molar-refractivity contribution is -0.134. The van der Waals surface area contributed by atoms with Crippen molar-refractivity contribution in [1.29, 1.82) is 0 Å². The van der Waals surface area contributed by atoms with Crippen LogP contribution >= 0.6 is 0 Å². The fraction of sp³-hybridized carbons (Fsp3) is 0.636. The first-order valence-electron chi connectivity index (χ1n) is 11.0. The minimum atomic E-state index is -0.00154. The molecule has 8 heteroatoms. The Labute approximate surface area is 179 Å². The summed E-state index contributed by atoms with van der Waals surface area (Å²) < 4.78 is 0. The zero-order valence-corrected chi connectivity index (χ0v) is 18.1. The maximum atomic E-state index is 12.6. The number of rotatable bonds is 7. The third-order valence-electron chi connectivity index (χ3n) is 6.03. The Kier molecular flexibility index (Phi) is 8.04. The summed E-state index contributed by atoms with van der Waals surface area (Å²) in [6.45, 7) is 2.29. The van der Waals surface area contributed by atoms with Crippen molar-refractivity contribution in [2.45, 2.75) is 44.6 Å². The second-order valence-corrected chi connectivity index (χ2v) is 8.21. The van der Waals surface area contributed by atoms with Crippen LogP contribution in [0.5, 0.6) is 0 Å². The lowest BCUT2D eigenvalue weighted by atomic mass is 10.1. The number of nitrogens with one attached hydrogen (secondary N) is 2. The van der Waals surface area contributed by atoms with Crippen molar-refractivity contribution in [1.82, 2.24) is 25.4 Å². The summed E-state index contributed by atoms with van der Waals surface area (Å²) in [4.78, 5) is 37.2. The van der Waals surface area contributed by atoms with Gasteiger partial charge in [-0.25, -0.2) is 0 Å². The van der Waals surface area contributed by atoms with Gasteiger partial charge in [-0.05, 0) is 31.4 Å². The molecule has 1 unspecified atom stereocenters. The van der Waals surface area contributed by atoms with E-state index in [9.17, 15) is 9.59 Å². The van der Waals surface area contributed by atoms with Crippen LogP contribution in [-0.4, -0.2) is 78.9 Å². The largest absolute Gasteiger partial charge is 0.352 e. The first-order valence-corrected chi connectivity index (χ1v) is 11.0. The molecular weight excluding hydrogens is 380 g/mol. The monoisotopic (exact) mass is 414 g/mol. The molecule has 2 heterocycles. The third kappa shape index (κ3) is 6.18. The lowest BCUT2D eigenvalue weighted by Gasteiger charge is -2.22. The number of hydrogen-bond acceptors (Lipinski definition) is 4. The van der Waals surface area contributed by atoms with Gasteiger partial charge in [0.05, 0.1) is 6.54 Å². The second-order valence-electron chi connectivity index (χ2n) is 8.21. The highest BCUT2D eigenvalue weighted by Crippen LogP contribution is 2.27. The van der Waals surface area contributed by atoms with Crippen molar-refractivity contribution >= 4 is 17.8 Å². The van der Waals surface area contributed by atoms with Crippen LogP contribution in [0.25, 0.3) is 0 Å². The van der Waals surface area contributed by atoms with E-state index in [2.05, 4.69) is 20.6 Å². The van der Waals surface area contributed by atoms with Crippen LogP contribution in [0.4, 0.5) is 0 Å². The zero-order chi connectivity index (χ0) is 21.3. The van der Waals surface area contributed by atoms with E-state index in [0.29, 0.717) is 25.0 Å². The molecule has 2 amide bonds. The van der Waals surface area contributed by atoms with E-state index in [-0.39, 0.29) is 24.4 Å². The molecule has 1 atom stereocenters. The minimum absolute atomic E-state index is 0.00154. The van der Waals surface area contributed by atoms with Crippen molar-refractivity contribution in [3.8, 4) is 0 Å². The first kappa shape index (κ1) is 22.1. The zero-order valence-electron chi connectivity index (χ0n) is 18.1. The van der Waals surface area contributed by atoms with E-state index in [1.54, 1.807) is 25.2 Å². The summed E-state index contributed by atoms with van der Waals surface area (Å²) in [6.07, 6.45) is 7.80. The molecule has 1 aromatic rings. The van der Waals surface area contributed by atoms with Gasteiger partial charge in [0.1, 0.15) is 0 Å². The molecule has 2 aliphatic rings. The van der Waals surface area contributed by atoms with Crippen LogP contribution < -0.4 is 10.6 Å². The second kappa shape index (κ2) is 10.9. The standard InChI is InChI=1S/C22H34N6O2/c1-23-22(25-15-20(29)27(2)13-10-18-9-5-6-12-24-18)26-19-11-14-28(16-19)21(30)17-7-3-4-8-17/h5-6,9,12,17,19H,3-4,7-8,10-11,13-16H2,1-2H3,(H2,23,25,26). The quantitative estimate of drug-likeness (QED) is 0.514. The van der Waals surface area contributed by atoms with Crippen LogP contribution in [-0.2, 0) is 16.0 Å². The molecule has 2 fully saturated rings. The molecule has 1 saturated heterocycles. The number of guanidine groups is 1. The molecule has 0 spiro atoms. The van der Waals surface area contributed by atoms with Gasteiger partial charge in [-0.3, -0.25) is 19.6 Å². The summed E-state index contributed by atoms with van der Waals surface area (Å²) in [5.41, 5.74) is 0.973. The number of carbonyl (C=O) groups excluding carboxylic acids is 2. The number of aromatic nitrogens is 1. The minimum Gasteiger partial charge on any atom is -0.352 e. The fourth-order valence-corrected chi connectivity index (χ4v) is 4.14. The molecule has 3 rings (SSSR count). The average Bonchev–Trinajstić information content (AvgIpc) is 3.47. The predicted octanol–water partition coefficient (Wildman–Crippen LogP) is 1.04. The SMILES string of the molecule is CN=C(NCC(=O)N(C)CCc1ccccn1)NC1CCN(C(=O)C2CCCC2)C1. The molecule has 1 aliphatic carbocycles. The van der Waals surface area contributed by atoms with Crippen LogP contribution in [0.15, 0.2) is 29.4 Å². The molecule has 2 N–H and O–H groups in total. The average molecular weight is 415 g/mol. The molecular formula is C22H34N6O2. The van der Waals surface area contributed by atoms with Gasteiger partial charge in [0.25, 0.3) is 0 Å². The number of pyridine rings is 1. The molecule has 8 nitrogen and oxygen atoms in total. The van der Waals surface area contributed by atoms with E-state index < -0.39 is 0 Å². The summed E-state index contributed by atoms with van der Waals surface area (Å²) in [6, 6.07) is 5.96. The maximum absolute atomic E-state index is 12.6. The van der Waals surface area contributed by atoms with Gasteiger partial charge in [-0.1, -0.05) is 18.9 Å². The molecule has 0 radical (unpaired) electrons. The lowest BCUT2D eigenvalue weighted by Crippen LogP contribution is -2.48. The Balaban J connectivity index is 1.38. The number of carbonyl (C=O) groups is 2. The van der Waals surface area contributed by atoms with E-state index in [0.717, 1.165) is 37.9 Å². The highest BCUT2D eigenvalue weighted by molar-refractivity contribution is 5.86. The van der Waals surface area contributed by atoms with Gasteiger partial charge in [0.2, 0.25) is 11.8 Å². The summed E-state index contributed by atoms with van der Waals surface area (Å²) >= 11 is 0. The number of nitrogens with zero attached hydrogens (tertiary/aromatic N) is 4. The first-order chi connectivity index (χ1) is 14.6. The van der Waals surface area contributed by atoms with E-state index in [1.807, 2.05) is 23.1 Å². The number of aliphatic imine (C=N–C) groups is 1. The summed E-state index contributed by atoms with van der Waals surface area (Å²) in [7, 11) is 3.49. The van der Waals surface area contributed by atoms with Crippen LogP contribution in [0.2, 0.25) is 0 Å². The molecule has 1 aromatic heterocycles. The van der Waals surface area contributed by atoms with E-state index in [1.165, 1.54) is 12.8 Å². The topological polar surface area (TPSA) is 89.9 Å². The Bertz CT molecular complexity index is 732. The van der Waals surface area contributed by atoms with Gasteiger partial charge < -0.3 is 20.4 Å². The van der Waals surface area contributed by atoms with E-state index in [4.69, 9.17) is 0 Å². The van der Waals surface area contributed by atoms with Crippen LogP contribution in [0.3, 0.4) is 0 Å². The molecule has 1 aliphatic heterocycles. The van der Waals surface area contributed by atoms with E-state index >= 15 is 0 Å². The third-order valence-corrected chi connectivity index (χ3v) is 6.03. The van der Waals surface area contributed by atoms with Gasteiger partial charge in [-0.15, -0.1) is 0 Å². The summed E-state index contributed by atoms with van der Waals surface area (Å²) in [5.74, 6) is 1.13. The Morgan fingerprint density at radius 1 is 1.27 bits per heavy atom. The fourth-order valence-electron chi connectivity index (χ4n) is 4.14. The highest BCUT2D eigenvalue weighted by Gasteiger charge is 2.32. The van der Waals surface area contributed by atoms with Gasteiger partial charge >= 0.3 is 0 Å². The van der Waals surface area contributed by atoms with Crippen molar-refractivity contribution in [2.24, 2.45) is 10.9 Å². The smallest absolute Gasteiger partial charge is 0.241 e. The Hall–Kier alpha value is -2.64. The van der Waals surface area contributed by atoms with Crippen molar-refractivity contribution in [3.63, 3.8) is 0 Å². The highest BCUT2D eigenvalue weighted by atomic mass is 16.2. The number of amides is 2. The molecule has 164 valence electrons. The van der Waals surface area contributed by atoms with Crippen molar-refractivity contribution < 1.29 is 9.59 Å². The van der Waals surface area contributed by atoms with Crippen molar-refractivity contribution in [2.75, 3.05) is 40.3 Å². The number of hydrogen-bond donors (Lipinski definition) is 2. The normalized spacial score (nSPS) is 19.7. The molecule has 0 aromatic carbocycles. The Morgan fingerprint density at radius 3 is 2.77 bits per heavy atom. The Morgan fingerprint density at radius 2 is 2.07 bits per heavy atom. The number of likely N-dealkylation sites (tertiary alicyclic amines) is 1.